The molecule has 0 bridgehead atoms. The molecule has 9 heteroatoms. The van der Waals surface area contributed by atoms with Gasteiger partial charge in [0.1, 0.15) is 18.0 Å². The number of aromatic nitrogens is 2. The molecule has 0 aliphatic carbocycles. The number of benzene rings is 1. The van der Waals surface area contributed by atoms with Crippen molar-refractivity contribution in [3.8, 4) is 5.75 Å². The van der Waals surface area contributed by atoms with E-state index in [2.05, 4.69) is 10.3 Å². The van der Waals surface area contributed by atoms with Crippen LogP contribution in [0.1, 0.15) is 21.6 Å². The molecule has 3 heterocycles. The van der Waals surface area contributed by atoms with Gasteiger partial charge in [0.05, 0.1) is 35.5 Å². The summed E-state index contributed by atoms with van der Waals surface area (Å²) in [7, 11) is -3.12. The van der Waals surface area contributed by atoms with Crippen LogP contribution in [-0.2, 0) is 21.2 Å². The van der Waals surface area contributed by atoms with Crippen molar-refractivity contribution >= 4 is 21.4 Å². The highest BCUT2D eigenvalue weighted by Crippen LogP contribution is 2.20. The molecule has 0 radical (unpaired) electrons. The molecule has 0 spiro atoms. The lowest BCUT2D eigenvalue weighted by Gasteiger charge is -2.23. The van der Waals surface area contributed by atoms with Gasteiger partial charge in [-0.25, -0.2) is 13.4 Å². The van der Waals surface area contributed by atoms with Crippen molar-refractivity contribution < 1.29 is 22.7 Å². The van der Waals surface area contributed by atoms with Gasteiger partial charge in [-0.05, 0) is 30.7 Å². The molecule has 3 aromatic rings. The lowest BCUT2D eigenvalue weighted by Crippen LogP contribution is -2.42. The first-order chi connectivity index (χ1) is 14.4. The smallest absolute Gasteiger partial charge is 0.255 e. The van der Waals surface area contributed by atoms with Crippen LogP contribution >= 0.6 is 0 Å². The third kappa shape index (κ3) is 4.63. The Labute approximate surface area is 174 Å². The molecule has 1 aliphatic rings. The van der Waals surface area contributed by atoms with E-state index in [1.807, 2.05) is 35.9 Å². The number of hydrogen-bond donors (Lipinski definition) is 1. The van der Waals surface area contributed by atoms with Crippen molar-refractivity contribution in [2.75, 3.05) is 24.7 Å². The molecule has 2 aromatic heterocycles. The maximum atomic E-state index is 12.7. The Balaban J connectivity index is 1.41. The molecular formula is C21H23N3O5S. The normalized spacial score (nSPS) is 18.2. The number of ether oxygens (including phenoxy) is 2. The van der Waals surface area contributed by atoms with Crippen LogP contribution in [0.3, 0.4) is 0 Å². The van der Waals surface area contributed by atoms with Crippen LogP contribution in [0.5, 0.6) is 5.75 Å². The minimum atomic E-state index is -3.12. The fourth-order valence-corrected chi connectivity index (χ4v) is 4.68. The second-order valence-electron chi connectivity index (χ2n) is 7.26. The first-order valence-electron chi connectivity index (χ1n) is 9.66. The molecule has 4 rings (SSSR count). The topological polar surface area (TPSA) is 99.0 Å². The number of pyridine rings is 1. The molecule has 30 heavy (non-hydrogen) atoms. The Hall–Kier alpha value is -2.91. The van der Waals surface area contributed by atoms with Crippen LogP contribution in [0, 0.1) is 6.92 Å². The molecule has 8 nitrogen and oxygen atoms in total. The Morgan fingerprint density at radius 1 is 1.30 bits per heavy atom. The molecule has 1 amide bonds. The van der Waals surface area contributed by atoms with Crippen molar-refractivity contribution in [2.45, 2.75) is 19.6 Å². The Morgan fingerprint density at radius 2 is 2.13 bits per heavy atom. The second kappa shape index (κ2) is 8.45. The number of nitrogens with zero attached hydrogens (tertiary/aromatic N) is 2. The Morgan fingerprint density at radius 3 is 2.93 bits per heavy atom. The first-order valence-corrected chi connectivity index (χ1v) is 11.5. The standard InChI is InChI=1S/C21H23N3O5S/c1-15-5-4-8-24-12-16(23-20(15)24)13-29-19-7-3-2-6-18(19)21(25)22-11-17-14-30(26,27)10-9-28-17/h2-8,12,17H,9-11,13-14H2,1H3,(H,22,25). The van der Waals surface area contributed by atoms with Crippen LogP contribution in [0.15, 0.2) is 48.8 Å². The zero-order chi connectivity index (χ0) is 21.1. The van der Waals surface area contributed by atoms with E-state index in [9.17, 15) is 13.2 Å². The van der Waals surface area contributed by atoms with Crippen molar-refractivity contribution in [3.63, 3.8) is 0 Å². The van der Waals surface area contributed by atoms with Gasteiger partial charge in [-0.2, -0.15) is 0 Å². The quantitative estimate of drug-likeness (QED) is 0.641. The number of rotatable bonds is 6. The predicted octanol–water partition coefficient (Wildman–Crippen LogP) is 1.77. The predicted molar refractivity (Wildman–Crippen MR) is 111 cm³/mol. The van der Waals surface area contributed by atoms with Crippen LogP contribution in [-0.4, -0.2) is 54.5 Å². The molecule has 1 unspecified atom stereocenters. The maximum absolute atomic E-state index is 12.7. The largest absolute Gasteiger partial charge is 0.486 e. The Bertz CT molecular complexity index is 1170. The van der Waals surface area contributed by atoms with Crippen molar-refractivity contribution in [1.82, 2.24) is 14.7 Å². The Kier molecular flexibility index (Phi) is 5.74. The van der Waals surface area contributed by atoms with Gasteiger partial charge in [-0.15, -0.1) is 0 Å². The molecule has 1 N–H and O–H groups in total. The van der Waals surface area contributed by atoms with Crippen LogP contribution < -0.4 is 10.1 Å². The highest BCUT2D eigenvalue weighted by Gasteiger charge is 2.26. The minimum absolute atomic E-state index is 0.0245. The van der Waals surface area contributed by atoms with Crippen molar-refractivity contribution in [1.29, 1.82) is 0 Å². The highest BCUT2D eigenvalue weighted by molar-refractivity contribution is 7.91. The summed E-state index contributed by atoms with van der Waals surface area (Å²) in [5.74, 6) is 0.0269. The number of sulfone groups is 1. The zero-order valence-corrected chi connectivity index (χ0v) is 17.4. The third-order valence-corrected chi connectivity index (χ3v) is 6.58. The second-order valence-corrected chi connectivity index (χ2v) is 9.49. The van der Waals surface area contributed by atoms with Crippen LogP contribution in [0.25, 0.3) is 5.65 Å². The van der Waals surface area contributed by atoms with E-state index in [4.69, 9.17) is 9.47 Å². The molecule has 1 fully saturated rings. The summed E-state index contributed by atoms with van der Waals surface area (Å²) in [6.07, 6.45) is 3.28. The molecule has 1 aliphatic heterocycles. The molecule has 1 atom stereocenters. The first kappa shape index (κ1) is 20.4. The SMILES string of the molecule is Cc1cccn2cc(COc3ccccc3C(=O)NCC3CS(=O)(=O)CCO3)nc12. The maximum Gasteiger partial charge on any atom is 0.255 e. The van der Waals surface area contributed by atoms with Gasteiger partial charge in [0.2, 0.25) is 0 Å². The lowest BCUT2D eigenvalue weighted by molar-refractivity contribution is 0.0661. The summed E-state index contributed by atoms with van der Waals surface area (Å²) >= 11 is 0. The fraction of sp³-hybridized carbons (Fsp3) is 0.333. The van der Waals surface area contributed by atoms with E-state index in [1.165, 1.54) is 0 Å². The van der Waals surface area contributed by atoms with Gasteiger partial charge in [-0.3, -0.25) is 4.79 Å². The fourth-order valence-electron chi connectivity index (χ4n) is 3.38. The minimum Gasteiger partial charge on any atom is -0.486 e. The summed E-state index contributed by atoms with van der Waals surface area (Å²) < 4.78 is 36.7. The van der Waals surface area contributed by atoms with Crippen LogP contribution in [0.4, 0.5) is 0 Å². The number of aryl methyl sites for hydroxylation is 1. The van der Waals surface area contributed by atoms with Gasteiger partial charge >= 0.3 is 0 Å². The van der Waals surface area contributed by atoms with Gasteiger partial charge in [0.25, 0.3) is 5.91 Å². The molecule has 1 aromatic carbocycles. The number of amides is 1. The summed E-state index contributed by atoms with van der Waals surface area (Å²) in [5.41, 5.74) is 3.05. The molecule has 1 saturated heterocycles. The summed E-state index contributed by atoms with van der Waals surface area (Å²) in [6, 6.07) is 10.9. The third-order valence-electron chi connectivity index (χ3n) is 4.91. The number of carbonyl (C=O) groups excluding carboxylic acids is 1. The zero-order valence-electron chi connectivity index (χ0n) is 16.6. The van der Waals surface area contributed by atoms with E-state index in [-0.39, 0.29) is 37.2 Å². The van der Waals surface area contributed by atoms with Crippen molar-refractivity contribution in [3.05, 3.63) is 65.6 Å². The average Bonchev–Trinajstić information content (AvgIpc) is 3.15. The monoisotopic (exact) mass is 429 g/mol. The number of hydrogen-bond acceptors (Lipinski definition) is 6. The molecule has 0 saturated carbocycles. The number of para-hydroxylation sites is 1. The lowest BCUT2D eigenvalue weighted by atomic mass is 10.2. The van der Waals surface area contributed by atoms with Crippen LogP contribution in [0.2, 0.25) is 0 Å². The van der Waals surface area contributed by atoms with Gasteiger partial charge in [-0.1, -0.05) is 18.2 Å². The van der Waals surface area contributed by atoms with Gasteiger partial charge in [0.15, 0.2) is 9.84 Å². The van der Waals surface area contributed by atoms with E-state index in [0.717, 1.165) is 16.9 Å². The summed E-state index contributed by atoms with van der Waals surface area (Å²) in [4.78, 5) is 17.2. The van der Waals surface area contributed by atoms with E-state index < -0.39 is 15.9 Å². The molecular weight excluding hydrogens is 406 g/mol. The average molecular weight is 429 g/mol. The van der Waals surface area contributed by atoms with E-state index >= 15 is 0 Å². The summed E-state index contributed by atoms with van der Waals surface area (Å²) in [5, 5.41) is 2.75. The van der Waals surface area contributed by atoms with Gasteiger partial charge < -0.3 is 19.2 Å². The van der Waals surface area contributed by atoms with E-state index in [1.54, 1.807) is 24.3 Å². The number of imidazole rings is 1. The van der Waals surface area contributed by atoms with Gasteiger partial charge in [0, 0.05) is 18.9 Å². The van der Waals surface area contributed by atoms with E-state index in [0.29, 0.717) is 11.3 Å². The summed E-state index contributed by atoms with van der Waals surface area (Å²) in [6.45, 7) is 2.49. The number of fused-ring (bicyclic) bond motifs is 1. The molecule has 158 valence electrons. The number of nitrogens with one attached hydrogen (secondary N) is 1. The highest BCUT2D eigenvalue weighted by atomic mass is 32.2. The number of carbonyl (C=O) groups is 1. The van der Waals surface area contributed by atoms with Crippen molar-refractivity contribution in [2.24, 2.45) is 0 Å².